The van der Waals surface area contributed by atoms with Crippen molar-refractivity contribution in [3.63, 3.8) is 0 Å². The van der Waals surface area contributed by atoms with Crippen molar-refractivity contribution in [3.8, 4) is 12.1 Å². The van der Waals surface area contributed by atoms with Crippen LogP contribution in [0.1, 0.15) is 31.8 Å². The van der Waals surface area contributed by atoms with E-state index in [4.69, 9.17) is 10.5 Å². The molecule has 0 aliphatic heterocycles. The van der Waals surface area contributed by atoms with Gasteiger partial charge < -0.3 is 0 Å². The number of hydrogen-bond acceptors (Lipinski definition) is 4. The van der Waals surface area contributed by atoms with Gasteiger partial charge in [0.05, 0.1) is 23.3 Å². The molecule has 0 fully saturated rings. The molecule has 4 nitrogen and oxygen atoms in total. The SMILES string of the molecule is N#Cc1ccccc1C=O.N#Cc1ccccc1C=O. The van der Waals surface area contributed by atoms with Gasteiger partial charge >= 0.3 is 0 Å². The summed E-state index contributed by atoms with van der Waals surface area (Å²) in [5, 5.41) is 16.9. The maximum Gasteiger partial charge on any atom is 0.151 e. The molecular weight excluding hydrogens is 252 g/mol. The lowest BCUT2D eigenvalue weighted by atomic mass is 10.1. The molecule has 0 aliphatic rings. The molecule has 0 spiro atoms. The van der Waals surface area contributed by atoms with Gasteiger partial charge in [0, 0.05) is 11.1 Å². The first-order valence-electron chi connectivity index (χ1n) is 5.65. The molecule has 0 aromatic heterocycles. The Kier molecular flexibility index (Phi) is 5.90. The first-order valence-corrected chi connectivity index (χ1v) is 5.65. The number of benzene rings is 2. The van der Waals surface area contributed by atoms with Crippen LogP contribution in [0.2, 0.25) is 0 Å². The van der Waals surface area contributed by atoms with Crippen LogP contribution in [0.15, 0.2) is 48.5 Å². The predicted octanol–water partition coefficient (Wildman–Crippen LogP) is 2.74. The van der Waals surface area contributed by atoms with Crippen molar-refractivity contribution in [2.24, 2.45) is 0 Å². The Morgan fingerprint density at radius 3 is 1.30 bits per heavy atom. The van der Waals surface area contributed by atoms with Crippen LogP contribution in [0.4, 0.5) is 0 Å². The Hall–Kier alpha value is -3.24. The van der Waals surface area contributed by atoms with Crippen molar-refractivity contribution in [3.05, 3.63) is 70.8 Å². The Morgan fingerprint density at radius 2 is 1.05 bits per heavy atom. The summed E-state index contributed by atoms with van der Waals surface area (Å²) in [6.45, 7) is 0. The van der Waals surface area contributed by atoms with Gasteiger partial charge in [0.2, 0.25) is 0 Å². The Bertz CT molecular complexity index is 633. The molecule has 0 heterocycles. The van der Waals surface area contributed by atoms with Crippen molar-refractivity contribution >= 4 is 12.6 Å². The summed E-state index contributed by atoms with van der Waals surface area (Å²) < 4.78 is 0. The van der Waals surface area contributed by atoms with E-state index in [1.165, 1.54) is 0 Å². The van der Waals surface area contributed by atoms with Crippen LogP contribution in [-0.2, 0) is 0 Å². The van der Waals surface area contributed by atoms with E-state index in [1.54, 1.807) is 48.5 Å². The van der Waals surface area contributed by atoms with E-state index in [0.29, 0.717) is 34.8 Å². The number of hydrogen-bond donors (Lipinski definition) is 0. The van der Waals surface area contributed by atoms with Crippen molar-refractivity contribution in [2.45, 2.75) is 0 Å². The monoisotopic (exact) mass is 262 g/mol. The average molecular weight is 262 g/mol. The summed E-state index contributed by atoms with van der Waals surface area (Å²) in [7, 11) is 0. The second-order valence-corrected chi connectivity index (χ2v) is 3.63. The molecule has 0 aliphatic carbocycles. The van der Waals surface area contributed by atoms with E-state index >= 15 is 0 Å². The summed E-state index contributed by atoms with van der Waals surface area (Å²) in [4.78, 5) is 20.5. The fourth-order valence-corrected chi connectivity index (χ4v) is 1.40. The van der Waals surface area contributed by atoms with Gasteiger partial charge in [-0.1, -0.05) is 36.4 Å². The van der Waals surface area contributed by atoms with Crippen LogP contribution < -0.4 is 0 Å². The molecule has 0 saturated heterocycles. The fourth-order valence-electron chi connectivity index (χ4n) is 1.40. The van der Waals surface area contributed by atoms with E-state index < -0.39 is 0 Å². The third-order valence-electron chi connectivity index (χ3n) is 2.42. The molecule has 96 valence electrons. The maximum atomic E-state index is 10.2. The van der Waals surface area contributed by atoms with Crippen LogP contribution in [0.3, 0.4) is 0 Å². The molecule has 0 bridgehead atoms. The molecule has 0 saturated carbocycles. The van der Waals surface area contributed by atoms with Gasteiger partial charge in [-0.15, -0.1) is 0 Å². The van der Waals surface area contributed by atoms with Crippen LogP contribution in [0, 0.1) is 22.7 Å². The topological polar surface area (TPSA) is 81.7 Å². The highest BCUT2D eigenvalue weighted by molar-refractivity contribution is 5.79. The lowest BCUT2D eigenvalue weighted by Crippen LogP contribution is -1.84. The number of carbonyl (C=O) groups is 2. The predicted molar refractivity (Wildman–Crippen MR) is 73.1 cm³/mol. The number of carbonyl (C=O) groups excluding carboxylic acids is 2. The van der Waals surface area contributed by atoms with Crippen LogP contribution in [-0.4, -0.2) is 12.6 Å². The highest BCUT2D eigenvalue weighted by Crippen LogP contribution is 2.03. The van der Waals surface area contributed by atoms with Crippen LogP contribution >= 0.6 is 0 Å². The van der Waals surface area contributed by atoms with Crippen molar-refractivity contribution in [1.29, 1.82) is 10.5 Å². The number of nitriles is 2. The number of rotatable bonds is 2. The Labute approximate surface area is 116 Å². The first-order chi connectivity index (χ1) is 9.76. The summed E-state index contributed by atoms with van der Waals surface area (Å²) in [6, 6.07) is 17.2. The minimum Gasteiger partial charge on any atom is -0.298 e. The smallest absolute Gasteiger partial charge is 0.151 e. The minimum absolute atomic E-state index is 0.428. The summed E-state index contributed by atoms with van der Waals surface area (Å²) in [5.74, 6) is 0. The van der Waals surface area contributed by atoms with Gasteiger partial charge in [0.25, 0.3) is 0 Å². The molecular formula is C16H10N2O2. The van der Waals surface area contributed by atoms with Crippen LogP contribution in [0.25, 0.3) is 0 Å². The van der Waals surface area contributed by atoms with Gasteiger partial charge in [0.1, 0.15) is 0 Å². The highest BCUT2D eigenvalue weighted by atomic mass is 16.1. The molecule has 0 radical (unpaired) electrons. The van der Waals surface area contributed by atoms with Gasteiger partial charge in [-0.3, -0.25) is 9.59 Å². The van der Waals surface area contributed by atoms with Gasteiger partial charge in [0.15, 0.2) is 12.6 Å². The molecule has 0 atom stereocenters. The molecule has 20 heavy (non-hydrogen) atoms. The van der Waals surface area contributed by atoms with E-state index in [9.17, 15) is 9.59 Å². The Morgan fingerprint density at radius 1 is 0.700 bits per heavy atom. The minimum atomic E-state index is 0.428. The van der Waals surface area contributed by atoms with Gasteiger partial charge in [-0.05, 0) is 12.1 Å². The van der Waals surface area contributed by atoms with Crippen molar-refractivity contribution in [1.82, 2.24) is 0 Å². The molecule has 4 heteroatoms. The molecule has 2 aromatic carbocycles. The lowest BCUT2D eigenvalue weighted by molar-refractivity contribution is 0.111. The zero-order valence-electron chi connectivity index (χ0n) is 10.5. The second kappa shape index (κ2) is 7.97. The zero-order valence-corrected chi connectivity index (χ0v) is 10.5. The number of nitrogens with zero attached hydrogens (tertiary/aromatic N) is 2. The molecule has 2 aromatic rings. The largest absolute Gasteiger partial charge is 0.298 e. The zero-order chi connectivity index (χ0) is 14.8. The van der Waals surface area contributed by atoms with Gasteiger partial charge in [-0.2, -0.15) is 10.5 Å². The Balaban J connectivity index is 0.000000200. The fraction of sp³-hybridized carbons (Fsp3) is 0. The third kappa shape index (κ3) is 3.90. The van der Waals surface area contributed by atoms with Crippen molar-refractivity contribution in [2.75, 3.05) is 0 Å². The highest BCUT2D eigenvalue weighted by Gasteiger charge is 1.96. The van der Waals surface area contributed by atoms with E-state index in [2.05, 4.69) is 0 Å². The molecule has 0 unspecified atom stereocenters. The van der Waals surface area contributed by atoms with Crippen molar-refractivity contribution < 1.29 is 9.59 Å². The summed E-state index contributed by atoms with van der Waals surface area (Å²) >= 11 is 0. The second-order valence-electron chi connectivity index (χ2n) is 3.63. The van der Waals surface area contributed by atoms with E-state index in [0.717, 1.165) is 0 Å². The lowest BCUT2D eigenvalue weighted by Gasteiger charge is -1.89. The van der Waals surface area contributed by atoms with E-state index in [-0.39, 0.29) is 0 Å². The standard InChI is InChI=1S/2C8H5NO/c2*9-5-7-3-1-2-4-8(7)6-10/h2*1-4,6H. The normalized spacial score (nSPS) is 8.30. The quantitative estimate of drug-likeness (QED) is 0.779. The first kappa shape index (κ1) is 14.8. The number of aldehydes is 2. The summed E-state index contributed by atoms with van der Waals surface area (Å²) in [5.41, 5.74) is 1.75. The average Bonchev–Trinajstić information content (AvgIpc) is 2.55. The molecule has 0 N–H and O–H groups in total. The van der Waals surface area contributed by atoms with Gasteiger partial charge in [-0.25, -0.2) is 0 Å². The summed E-state index contributed by atoms with van der Waals surface area (Å²) in [6.07, 6.45) is 1.36. The molecule has 0 amide bonds. The van der Waals surface area contributed by atoms with Crippen LogP contribution in [0.5, 0.6) is 0 Å². The maximum absolute atomic E-state index is 10.2. The van der Waals surface area contributed by atoms with E-state index in [1.807, 2.05) is 12.1 Å². The molecule has 2 rings (SSSR count). The third-order valence-corrected chi connectivity index (χ3v) is 2.42.